The fraction of sp³-hybridized carbons (Fsp3) is 0.655. The van der Waals surface area contributed by atoms with Crippen molar-refractivity contribution in [3.05, 3.63) is 89.0 Å². The number of aryl methyl sites for hydroxylation is 2. The number of ether oxygens (including phenoxy) is 2. The van der Waals surface area contributed by atoms with Gasteiger partial charge in [-0.15, -0.1) is 0 Å². The fourth-order valence-electron chi connectivity index (χ4n) is 6.73. The lowest BCUT2D eigenvalue weighted by Crippen LogP contribution is -2.10. The van der Waals surface area contributed by atoms with Crippen LogP contribution in [0.4, 0.5) is 0 Å². The highest BCUT2D eigenvalue weighted by molar-refractivity contribution is 5.39. The molecule has 0 spiro atoms. The average molecular weight is 849 g/mol. The summed E-state index contributed by atoms with van der Waals surface area (Å²) in [7, 11) is 0. The zero-order chi connectivity index (χ0) is 45.4. The van der Waals surface area contributed by atoms with E-state index >= 15 is 0 Å². The van der Waals surface area contributed by atoms with E-state index in [-0.39, 0.29) is 5.41 Å². The van der Waals surface area contributed by atoms with E-state index in [0.717, 1.165) is 44.6 Å². The monoisotopic (exact) mass is 849 g/mol. The second-order valence-electron chi connectivity index (χ2n) is 17.7. The van der Waals surface area contributed by atoms with Crippen LogP contribution >= 0.6 is 0 Å². The minimum atomic E-state index is 0.174. The summed E-state index contributed by atoms with van der Waals surface area (Å²) >= 11 is 0. The number of hydrogen-bond acceptors (Lipinski definition) is 6. The molecule has 2 aliphatic rings. The van der Waals surface area contributed by atoms with E-state index in [1.54, 1.807) is 18.2 Å². The maximum absolute atomic E-state index is 10.3. The molecule has 2 fully saturated rings. The lowest BCUT2D eigenvalue weighted by atomic mass is 9.87. The molecule has 0 aliphatic carbocycles. The highest BCUT2D eigenvalue weighted by Crippen LogP contribution is 2.26. The SMILES string of the molecule is C1CO1.C=O.CC(C)(C)c1ccc(O)cc1.CC1CO1.CCCCCCCCCc1cccc(O)c1CCCCCCCCC.CCCCCCCCCc1ccccc1O. The standard InChI is InChI=1S/C24H42O.C15H24O.C10H14O.C3H6O.C2H4O.CH2O/c1-3-5-7-9-11-13-15-18-22-19-17-21-24(25)23(22)20-16-14-12-10-8-6-4-2;1-2-3-4-5-6-7-8-11-14-12-9-10-13-15(14)16;1-10(2,3)8-4-6-9(11)7-5-8;1-3-2-4-3;1-2-3-1;1-2/h17,19,21,25H,3-16,18,20H2,1-2H3;9-10,12-13,16H,2-8,11H2,1H3;4-7,11H,1-3H3;3H,2H2,1H3;1-2H2;1H2. The van der Waals surface area contributed by atoms with Crippen LogP contribution in [0.25, 0.3) is 0 Å². The van der Waals surface area contributed by atoms with Crippen molar-refractivity contribution in [3.8, 4) is 17.2 Å². The zero-order valence-corrected chi connectivity index (χ0v) is 40.3. The van der Waals surface area contributed by atoms with Crippen LogP contribution in [0, 0.1) is 0 Å². The topological polar surface area (TPSA) is 103 Å². The minimum Gasteiger partial charge on any atom is -0.508 e. The lowest BCUT2D eigenvalue weighted by molar-refractivity contribution is -0.0980. The van der Waals surface area contributed by atoms with Crippen molar-refractivity contribution in [2.45, 2.75) is 214 Å². The van der Waals surface area contributed by atoms with Crippen molar-refractivity contribution in [3.63, 3.8) is 0 Å². The Bertz CT molecular complexity index is 1390. The summed E-state index contributed by atoms with van der Waals surface area (Å²) in [6.07, 6.45) is 31.8. The Morgan fingerprint density at radius 2 is 0.885 bits per heavy atom. The maximum atomic E-state index is 10.3. The minimum absolute atomic E-state index is 0.174. The van der Waals surface area contributed by atoms with Gasteiger partial charge in [-0.05, 0) is 97.4 Å². The summed E-state index contributed by atoms with van der Waals surface area (Å²) in [6, 6.07) is 21.1. The van der Waals surface area contributed by atoms with Gasteiger partial charge in [-0.1, -0.05) is 200 Å². The van der Waals surface area contributed by atoms with Gasteiger partial charge >= 0.3 is 0 Å². The molecule has 6 heteroatoms. The summed E-state index contributed by atoms with van der Waals surface area (Å²) in [5.41, 5.74) is 5.13. The number of epoxide rings is 2. The van der Waals surface area contributed by atoms with Crippen LogP contribution in [0.2, 0.25) is 0 Å². The van der Waals surface area contributed by atoms with Gasteiger partial charge in [0.15, 0.2) is 0 Å². The number of aromatic hydroxyl groups is 3. The number of unbranched alkanes of at least 4 members (excludes halogenated alkanes) is 18. The molecule has 1 unspecified atom stereocenters. The Morgan fingerprint density at radius 3 is 1.28 bits per heavy atom. The van der Waals surface area contributed by atoms with E-state index in [2.05, 4.69) is 59.3 Å². The second kappa shape index (κ2) is 39.5. The largest absolute Gasteiger partial charge is 0.508 e. The molecule has 0 amide bonds. The summed E-state index contributed by atoms with van der Waals surface area (Å²) in [5, 5.41) is 28.9. The molecule has 6 nitrogen and oxygen atoms in total. The summed E-state index contributed by atoms with van der Waals surface area (Å²) < 4.78 is 9.21. The predicted molar refractivity (Wildman–Crippen MR) is 261 cm³/mol. The maximum Gasteiger partial charge on any atom is 0.119 e. The van der Waals surface area contributed by atoms with Gasteiger partial charge in [0.2, 0.25) is 0 Å². The van der Waals surface area contributed by atoms with Gasteiger partial charge in [0, 0.05) is 0 Å². The average Bonchev–Trinajstić information content (AvgIpc) is 4.20. The number of rotatable bonds is 24. The van der Waals surface area contributed by atoms with E-state index < -0.39 is 0 Å². The van der Waals surface area contributed by atoms with Crippen LogP contribution in [0.15, 0.2) is 66.7 Å². The highest BCUT2D eigenvalue weighted by atomic mass is 16.6. The normalized spacial score (nSPS) is 13.3. The van der Waals surface area contributed by atoms with Crippen molar-refractivity contribution in [2.75, 3.05) is 19.8 Å². The van der Waals surface area contributed by atoms with Crippen molar-refractivity contribution >= 4 is 6.79 Å². The number of hydrogen-bond donors (Lipinski definition) is 3. The Balaban J connectivity index is 0.000000845. The molecule has 2 saturated heterocycles. The molecule has 2 heterocycles. The van der Waals surface area contributed by atoms with Crippen LogP contribution in [-0.4, -0.2) is 48.0 Å². The summed E-state index contributed by atoms with van der Waals surface area (Å²) in [6.45, 7) is 20.3. The lowest BCUT2D eigenvalue weighted by Gasteiger charge is -2.18. The summed E-state index contributed by atoms with van der Waals surface area (Å²) in [5.74, 6) is 1.30. The highest BCUT2D eigenvalue weighted by Gasteiger charge is 2.13. The van der Waals surface area contributed by atoms with Gasteiger partial charge in [0.05, 0.1) is 25.9 Å². The van der Waals surface area contributed by atoms with Crippen LogP contribution in [-0.2, 0) is 38.9 Å². The second-order valence-corrected chi connectivity index (χ2v) is 17.7. The van der Waals surface area contributed by atoms with Crippen LogP contribution in [0.3, 0.4) is 0 Å². The Hall–Kier alpha value is -3.35. The predicted octanol–water partition coefficient (Wildman–Crippen LogP) is 15.6. The van der Waals surface area contributed by atoms with E-state index in [1.165, 1.54) is 152 Å². The molecule has 348 valence electrons. The molecule has 3 aromatic carbocycles. The molecule has 2 aliphatic heterocycles. The number of carbonyl (C=O) groups is 1. The quantitative estimate of drug-likeness (QED) is 0.0613. The van der Waals surface area contributed by atoms with Crippen LogP contribution < -0.4 is 0 Å². The first kappa shape index (κ1) is 57.6. The number of phenols is 3. The number of para-hydroxylation sites is 1. The van der Waals surface area contributed by atoms with Gasteiger partial charge in [0.1, 0.15) is 24.0 Å². The first-order valence-electron chi connectivity index (χ1n) is 24.4. The van der Waals surface area contributed by atoms with Crippen molar-refractivity contribution in [1.82, 2.24) is 0 Å². The molecule has 0 aromatic heterocycles. The van der Waals surface area contributed by atoms with Gasteiger partial charge in [-0.25, -0.2) is 0 Å². The molecule has 0 saturated carbocycles. The van der Waals surface area contributed by atoms with E-state index in [1.807, 2.05) is 49.3 Å². The molecule has 0 radical (unpaired) electrons. The molecule has 61 heavy (non-hydrogen) atoms. The van der Waals surface area contributed by atoms with Gasteiger partial charge < -0.3 is 29.6 Å². The first-order chi connectivity index (χ1) is 29.5. The molecule has 3 N–H and O–H groups in total. The number of phenolic OH excluding ortho intramolecular Hbond substituents is 3. The van der Waals surface area contributed by atoms with Gasteiger partial charge in [-0.2, -0.15) is 0 Å². The number of carbonyl (C=O) groups excluding carboxylic acids is 1. The Morgan fingerprint density at radius 1 is 0.525 bits per heavy atom. The van der Waals surface area contributed by atoms with E-state index in [4.69, 9.17) is 14.6 Å². The Labute approximate surface area is 375 Å². The van der Waals surface area contributed by atoms with Crippen molar-refractivity contribution in [2.24, 2.45) is 0 Å². The fourth-order valence-corrected chi connectivity index (χ4v) is 6.73. The van der Waals surface area contributed by atoms with Crippen LogP contribution in [0.5, 0.6) is 17.2 Å². The molecule has 0 bridgehead atoms. The molecular formula is C55H92O6. The van der Waals surface area contributed by atoms with Gasteiger partial charge in [-0.3, -0.25) is 0 Å². The number of benzene rings is 3. The molecular weight excluding hydrogens is 757 g/mol. The zero-order valence-electron chi connectivity index (χ0n) is 40.3. The smallest absolute Gasteiger partial charge is 0.119 e. The van der Waals surface area contributed by atoms with E-state index in [0.29, 0.717) is 23.4 Å². The van der Waals surface area contributed by atoms with Crippen molar-refractivity contribution in [1.29, 1.82) is 0 Å². The van der Waals surface area contributed by atoms with Gasteiger partial charge in [0.25, 0.3) is 0 Å². The Kier molecular flexibility index (Phi) is 37.3. The molecule has 1 atom stereocenters. The third kappa shape index (κ3) is 35.9. The third-order valence-electron chi connectivity index (χ3n) is 10.8. The van der Waals surface area contributed by atoms with Crippen molar-refractivity contribution < 1.29 is 29.6 Å². The summed E-state index contributed by atoms with van der Waals surface area (Å²) in [4.78, 5) is 8.00. The first-order valence-corrected chi connectivity index (χ1v) is 24.4. The van der Waals surface area contributed by atoms with Crippen LogP contribution in [0.1, 0.15) is 206 Å². The molecule has 5 rings (SSSR count). The third-order valence-corrected chi connectivity index (χ3v) is 10.8. The molecule has 3 aromatic rings. The van der Waals surface area contributed by atoms with E-state index in [9.17, 15) is 10.2 Å².